The number of amides is 2. The summed E-state index contributed by atoms with van der Waals surface area (Å²) in [5, 5.41) is -1.36. The van der Waals surface area contributed by atoms with Gasteiger partial charge in [-0.1, -0.05) is 0 Å². The molecule has 12 heteroatoms. The molecule has 0 unspecified atom stereocenters. The molecule has 3 rings (SSSR count). The molecule has 0 bridgehead atoms. The number of carbonyl (C=O) groups is 2. The third kappa shape index (κ3) is 5.12. The Hall–Kier alpha value is -2.89. The lowest BCUT2D eigenvalue weighted by Gasteiger charge is -2.46. The molecular formula is C25H36FN3O7S. The Morgan fingerprint density at radius 1 is 1.14 bits per heavy atom. The minimum absolute atomic E-state index is 0.00859. The van der Waals surface area contributed by atoms with Gasteiger partial charge in [-0.15, -0.1) is 0 Å². The van der Waals surface area contributed by atoms with Gasteiger partial charge in [0.15, 0.2) is 9.84 Å². The van der Waals surface area contributed by atoms with Crippen molar-refractivity contribution in [1.29, 1.82) is 0 Å². The largest absolute Gasteiger partial charge is 0.493 e. The van der Waals surface area contributed by atoms with Crippen LogP contribution in [-0.2, 0) is 24.8 Å². The van der Waals surface area contributed by atoms with Crippen molar-refractivity contribution >= 4 is 33.5 Å². The summed E-state index contributed by atoms with van der Waals surface area (Å²) in [6, 6.07) is 4.48. The highest BCUT2D eigenvalue weighted by Crippen LogP contribution is 2.50. The van der Waals surface area contributed by atoms with E-state index in [0.29, 0.717) is 4.90 Å². The van der Waals surface area contributed by atoms with Gasteiger partial charge in [0, 0.05) is 17.7 Å². The van der Waals surface area contributed by atoms with Gasteiger partial charge in [-0.3, -0.25) is 4.99 Å². The quantitative estimate of drug-likeness (QED) is 0.518. The highest BCUT2D eigenvalue weighted by atomic mass is 32.2. The number of ether oxygens (including phenoxy) is 3. The number of amidine groups is 1. The molecule has 2 N–H and O–H groups in total. The predicted octanol–water partition coefficient (Wildman–Crippen LogP) is 4.36. The molecule has 0 aliphatic carbocycles. The number of hydrogen-bond donors (Lipinski definition) is 1. The summed E-state index contributed by atoms with van der Waals surface area (Å²) >= 11 is 0. The van der Waals surface area contributed by atoms with Gasteiger partial charge in [0.2, 0.25) is 0 Å². The van der Waals surface area contributed by atoms with Crippen molar-refractivity contribution in [3.8, 4) is 5.75 Å². The first-order valence-corrected chi connectivity index (χ1v) is 13.5. The number of fused-ring (bicyclic) bond motifs is 3. The molecular weight excluding hydrogens is 505 g/mol. The van der Waals surface area contributed by atoms with Gasteiger partial charge in [0.05, 0.1) is 11.9 Å². The van der Waals surface area contributed by atoms with Crippen LogP contribution in [0.5, 0.6) is 5.75 Å². The fourth-order valence-corrected chi connectivity index (χ4v) is 6.69. The molecule has 1 aromatic carbocycles. The summed E-state index contributed by atoms with van der Waals surface area (Å²) in [6.45, 7) is 10.9. The Morgan fingerprint density at radius 3 is 2.16 bits per heavy atom. The van der Waals surface area contributed by atoms with Crippen LogP contribution in [0.2, 0.25) is 0 Å². The molecule has 1 aromatic rings. The SMILES string of the molecule is CC(C)(C)OC(=O)N(C(=O)OC(C)(C)C)C1=N[C@]2(CF)c3cc(N)ccc3OCC[C@@H]2S(=O)(=O)C1(C)C. The summed E-state index contributed by atoms with van der Waals surface area (Å²) in [5.74, 6) is -0.298. The minimum Gasteiger partial charge on any atom is -0.493 e. The van der Waals surface area contributed by atoms with Crippen molar-refractivity contribution < 1.29 is 36.6 Å². The fourth-order valence-electron chi connectivity index (χ4n) is 4.42. The second-order valence-electron chi connectivity index (χ2n) is 11.7. The van der Waals surface area contributed by atoms with Crippen LogP contribution in [0.15, 0.2) is 23.2 Å². The zero-order valence-corrected chi connectivity index (χ0v) is 23.4. The molecule has 0 saturated carbocycles. The number of anilines is 1. The number of imide groups is 1. The van der Waals surface area contributed by atoms with Gasteiger partial charge in [0.1, 0.15) is 39.7 Å². The van der Waals surface area contributed by atoms with Crippen molar-refractivity contribution in [1.82, 2.24) is 4.90 Å². The molecule has 2 heterocycles. The van der Waals surface area contributed by atoms with Crippen LogP contribution < -0.4 is 10.5 Å². The third-order valence-corrected chi connectivity index (χ3v) is 9.12. The number of nitrogens with zero attached hydrogens (tertiary/aromatic N) is 2. The lowest BCUT2D eigenvalue weighted by Crippen LogP contribution is -2.65. The number of rotatable bonds is 1. The minimum atomic E-state index is -4.31. The van der Waals surface area contributed by atoms with Crippen LogP contribution in [0.1, 0.15) is 67.4 Å². The number of hydrogen-bond acceptors (Lipinski definition) is 9. The van der Waals surface area contributed by atoms with Crippen molar-refractivity contribution in [3.05, 3.63) is 23.8 Å². The molecule has 37 heavy (non-hydrogen) atoms. The second-order valence-corrected chi connectivity index (χ2v) is 14.4. The number of nitrogens with two attached hydrogens (primary N) is 1. The molecule has 2 atom stereocenters. The van der Waals surface area contributed by atoms with E-state index in [2.05, 4.69) is 4.99 Å². The number of halogens is 1. The number of nitrogen functional groups attached to an aromatic ring is 1. The molecule has 0 radical (unpaired) electrons. The maximum Gasteiger partial charge on any atom is 0.425 e. The van der Waals surface area contributed by atoms with Gasteiger partial charge in [-0.25, -0.2) is 22.4 Å². The number of benzene rings is 1. The van der Waals surface area contributed by atoms with Gasteiger partial charge in [0.25, 0.3) is 0 Å². The molecule has 2 aliphatic rings. The maximum atomic E-state index is 15.3. The smallest absolute Gasteiger partial charge is 0.425 e. The highest BCUT2D eigenvalue weighted by Gasteiger charge is 2.63. The Bertz CT molecular complexity index is 1200. The van der Waals surface area contributed by atoms with E-state index in [1.54, 1.807) is 47.6 Å². The number of alkyl halides is 1. The first kappa shape index (κ1) is 28.7. The average Bonchev–Trinajstić information content (AvgIpc) is 2.87. The van der Waals surface area contributed by atoms with Crippen LogP contribution in [0.4, 0.5) is 19.7 Å². The first-order chi connectivity index (χ1) is 16.8. The lowest BCUT2D eigenvalue weighted by atomic mass is 9.85. The van der Waals surface area contributed by atoms with E-state index in [4.69, 9.17) is 19.9 Å². The van der Waals surface area contributed by atoms with Crippen LogP contribution in [0.25, 0.3) is 0 Å². The summed E-state index contributed by atoms with van der Waals surface area (Å²) in [6.07, 6.45) is -2.47. The summed E-state index contributed by atoms with van der Waals surface area (Å²) in [5.41, 5.74) is 2.21. The van der Waals surface area contributed by atoms with E-state index in [9.17, 15) is 18.0 Å². The Morgan fingerprint density at radius 2 is 1.68 bits per heavy atom. The molecule has 2 aliphatic heterocycles. The van der Waals surface area contributed by atoms with E-state index in [-0.39, 0.29) is 30.0 Å². The summed E-state index contributed by atoms with van der Waals surface area (Å²) in [4.78, 5) is 31.8. The molecule has 0 fully saturated rings. The molecule has 206 valence electrons. The van der Waals surface area contributed by atoms with Crippen LogP contribution in [0, 0.1) is 0 Å². The van der Waals surface area contributed by atoms with E-state index < -0.39 is 61.3 Å². The van der Waals surface area contributed by atoms with Crippen LogP contribution in [0.3, 0.4) is 0 Å². The second kappa shape index (κ2) is 9.14. The van der Waals surface area contributed by atoms with Crippen molar-refractivity contribution in [2.75, 3.05) is 19.0 Å². The lowest BCUT2D eigenvalue weighted by molar-refractivity contribution is 0.0138. The summed E-state index contributed by atoms with van der Waals surface area (Å²) < 4.78 is 58.3. The van der Waals surface area contributed by atoms with Crippen molar-refractivity contribution in [2.45, 2.75) is 88.5 Å². The van der Waals surface area contributed by atoms with Crippen molar-refractivity contribution in [3.63, 3.8) is 0 Å². The Kier molecular flexibility index (Phi) is 7.09. The van der Waals surface area contributed by atoms with Gasteiger partial charge in [-0.05, 0) is 73.6 Å². The first-order valence-electron chi connectivity index (χ1n) is 12.0. The maximum absolute atomic E-state index is 15.3. The average molecular weight is 542 g/mol. The zero-order valence-electron chi connectivity index (χ0n) is 22.5. The standard InChI is InChI=1S/C25H36FN3O7S/c1-22(2,3)35-20(30)29(21(31)36-23(4,5)6)19-24(7,8)37(32,33)18-11-12-34-17-10-9-15(27)13-16(17)25(18,14-26)28-19/h9-10,13,18H,11-12,14,27H2,1-8H3/t18-,25+/m0/s1. The Labute approximate surface area is 217 Å². The number of carbonyl (C=O) groups excluding carboxylic acids is 2. The zero-order chi connectivity index (χ0) is 28.2. The van der Waals surface area contributed by atoms with Gasteiger partial charge >= 0.3 is 12.2 Å². The van der Waals surface area contributed by atoms with E-state index in [1.165, 1.54) is 26.0 Å². The molecule has 0 aromatic heterocycles. The highest BCUT2D eigenvalue weighted by molar-refractivity contribution is 7.94. The van der Waals surface area contributed by atoms with Crippen LogP contribution >= 0.6 is 0 Å². The topological polar surface area (TPSA) is 138 Å². The van der Waals surface area contributed by atoms with Gasteiger partial charge in [-0.2, -0.15) is 4.90 Å². The number of sulfone groups is 1. The predicted molar refractivity (Wildman–Crippen MR) is 137 cm³/mol. The Balaban J connectivity index is 2.39. The van der Waals surface area contributed by atoms with E-state index >= 15 is 4.39 Å². The fraction of sp³-hybridized carbons (Fsp3) is 0.640. The molecule has 0 spiro atoms. The molecule has 2 amide bonds. The number of aliphatic imine (C=N–C) groups is 1. The molecule has 0 saturated heterocycles. The van der Waals surface area contributed by atoms with Gasteiger partial charge < -0.3 is 19.9 Å². The van der Waals surface area contributed by atoms with E-state index in [0.717, 1.165) is 0 Å². The van der Waals surface area contributed by atoms with Crippen molar-refractivity contribution in [2.24, 2.45) is 4.99 Å². The summed E-state index contributed by atoms with van der Waals surface area (Å²) in [7, 11) is -4.31. The van der Waals surface area contributed by atoms with E-state index in [1.807, 2.05) is 0 Å². The molecule has 10 nitrogen and oxygen atoms in total. The normalized spacial score (nSPS) is 24.4. The third-order valence-electron chi connectivity index (χ3n) is 6.14. The van der Waals surface area contributed by atoms with Crippen LogP contribution in [-0.4, -0.2) is 65.8 Å². The monoisotopic (exact) mass is 541 g/mol.